The zero-order valence-corrected chi connectivity index (χ0v) is 7.52. The van der Waals surface area contributed by atoms with Crippen LogP contribution in [0.3, 0.4) is 0 Å². The van der Waals surface area contributed by atoms with Gasteiger partial charge in [-0.3, -0.25) is 4.79 Å². The highest BCUT2D eigenvalue weighted by molar-refractivity contribution is 7.98. The first-order valence-electron chi connectivity index (χ1n) is 3.43. The third kappa shape index (κ3) is 1.90. The smallest absolute Gasteiger partial charge is 0.235 e. The molecule has 0 aliphatic carbocycles. The summed E-state index contributed by atoms with van der Waals surface area (Å²) in [5.74, 6) is 1.81. The standard InChI is InChI=1S/C10H8OS/c1-3-10(11)8-4-6-9(12-2)7-5-8/h1,4-7H,2H3. The van der Waals surface area contributed by atoms with Crippen LogP contribution in [0.2, 0.25) is 0 Å². The van der Waals surface area contributed by atoms with E-state index in [0.717, 1.165) is 4.90 Å². The number of carbonyl (C=O) groups excluding carboxylic acids is 1. The normalized spacial score (nSPS) is 9.00. The third-order valence-electron chi connectivity index (χ3n) is 1.48. The number of Topliss-reactive ketones (excluding diaryl/α,β-unsaturated/α-hetero) is 1. The molecule has 0 atom stereocenters. The Bertz CT molecular complexity index is 319. The quantitative estimate of drug-likeness (QED) is 0.297. The van der Waals surface area contributed by atoms with Gasteiger partial charge in [0.05, 0.1) is 0 Å². The first kappa shape index (κ1) is 8.89. The Morgan fingerprint density at radius 2 is 2.00 bits per heavy atom. The first-order chi connectivity index (χ1) is 5.77. The number of benzene rings is 1. The Morgan fingerprint density at radius 1 is 1.42 bits per heavy atom. The minimum Gasteiger partial charge on any atom is -0.279 e. The van der Waals surface area contributed by atoms with Crippen LogP contribution in [0.1, 0.15) is 10.4 Å². The van der Waals surface area contributed by atoms with E-state index in [4.69, 9.17) is 6.42 Å². The average Bonchev–Trinajstić information content (AvgIpc) is 2.17. The molecule has 0 N–H and O–H groups in total. The minimum atomic E-state index is -0.261. The van der Waals surface area contributed by atoms with Crippen molar-refractivity contribution in [2.24, 2.45) is 0 Å². The molecule has 1 aromatic rings. The van der Waals surface area contributed by atoms with E-state index in [0.29, 0.717) is 5.56 Å². The molecule has 0 aliphatic rings. The van der Waals surface area contributed by atoms with Gasteiger partial charge in [-0.2, -0.15) is 0 Å². The van der Waals surface area contributed by atoms with Crippen LogP contribution in [0.15, 0.2) is 29.2 Å². The van der Waals surface area contributed by atoms with Gasteiger partial charge in [-0.1, -0.05) is 0 Å². The lowest BCUT2D eigenvalue weighted by Crippen LogP contribution is -1.92. The van der Waals surface area contributed by atoms with Gasteiger partial charge in [-0.05, 0) is 36.4 Å². The molecule has 12 heavy (non-hydrogen) atoms. The fourth-order valence-corrected chi connectivity index (χ4v) is 1.23. The molecule has 1 nitrogen and oxygen atoms in total. The summed E-state index contributed by atoms with van der Waals surface area (Å²) in [6, 6.07) is 7.26. The molecule has 0 radical (unpaired) electrons. The number of hydrogen-bond donors (Lipinski definition) is 0. The van der Waals surface area contributed by atoms with Crippen molar-refractivity contribution in [3.05, 3.63) is 29.8 Å². The summed E-state index contributed by atoms with van der Waals surface area (Å²) in [4.78, 5) is 12.1. The molecule has 60 valence electrons. The van der Waals surface area contributed by atoms with Crippen LogP contribution in [0.25, 0.3) is 0 Å². The van der Waals surface area contributed by atoms with Crippen molar-refractivity contribution >= 4 is 17.5 Å². The molecule has 1 rings (SSSR count). The lowest BCUT2D eigenvalue weighted by atomic mass is 10.1. The Balaban J connectivity index is 2.94. The lowest BCUT2D eigenvalue weighted by molar-refractivity contribution is 0.105. The molecule has 0 spiro atoms. The molecule has 0 heterocycles. The Labute approximate surface area is 76.2 Å². The molecular weight excluding hydrogens is 168 g/mol. The van der Waals surface area contributed by atoms with Crippen LogP contribution in [0, 0.1) is 12.3 Å². The highest BCUT2D eigenvalue weighted by Crippen LogP contribution is 2.14. The molecule has 0 bridgehead atoms. The van der Waals surface area contributed by atoms with E-state index >= 15 is 0 Å². The van der Waals surface area contributed by atoms with Crippen molar-refractivity contribution in [3.8, 4) is 12.3 Å². The Hall–Kier alpha value is -1.20. The number of terminal acetylenes is 1. The van der Waals surface area contributed by atoms with E-state index in [1.165, 1.54) is 0 Å². The van der Waals surface area contributed by atoms with E-state index in [-0.39, 0.29) is 5.78 Å². The Morgan fingerprint density at radius 3 is 2.42 bits per heavy atom. The van der Waals surface area contributed by atoms with Gasteiger partial charge >= 0.3 is 0 Å². The van der Waals surface area contributed by atoms with Gasteiger partial charge in [-0.15, -0.1) is 18.2 Å². The fourth-order valence-electron chi connectivity index (χ4n) is 0.826. The van der Waals surface area contributed by atoms with E-state index in [9.17, 15) is 4.79 Å². The van der Waals surface area contributed by atoms with Crippen molar-refractivity contribution in [3.63, 3.8) is 0 Å². The third-order valence-corrected chi connectivity index (χ3v) is 2.23. The number of hydrogen-bond acceptors (Lipinski definition) is 2. The van der Waals surface area contributed by atoms with E-state index in [2.05, 4.69) is 5.92 Å². The molecular formula is C10H8OS. The van der Waals surface area contributed by atoms with Crippen LogP contribution in [0.4, 0.5) is 0 Å². The molecule has 1 aromatic carbocycles. The number of thioether (sulfide) groups is 1. The van der Waals surface area contributed by atoms with Gasteiger partial charge in [0.1, 0.15) is 0 Å². The van der Waals surface area contributed by atoms with Crippen molar-refractivity contribution in [1.29, 1.82) is 0 Å². The van der Waals surface area contributed by atoms with E-state index in [1.807, 2.05) is 18.4 Å². The summed E-state index contributed by atoms with van der Waals surface area (Å²) in [6.45, 7) is 0. The highest BCUT2D eigenvalue weighted by Gasteiger charge is 1.99. The van der Waals surface area contributed by atoms with Crippen LogP contribution in [-0.4, -0.2) is 12.0 Å². The summed E-state index contributed by atoms with van der Waals surface area (Å²) in [5.41, 5.74) is 0.579. The van der Waals surface area contributed by atoms with Gasteiger partial charge in [-0.25, -0.2) is 0 Å². The van der Waals surface area contributed by atoms with Crippen LogP contribution in [0.5, 0.6) is 0 Å². The van der Waals surface area contributed by atoms with Crippen molar-refractivity contribution in [2.45, 2.75) is 4.90 Å². The van der Waals surface area contributed by atoms with Crippen molar-refractivity contribution < 1.29 is 4.79 Å². The van der Waals surface area contributed by atoms with E-state index in [1.54, 1.807) is 23.9 Å². The monoisotopic (exact) mass is 176 g/mol. The minimum absolute atomic E-state index is 0.261. The van der Waals surface area contributed by atoms with Gasteiger partial charge in [0.15, 0.2) is 0 Å². The number of ketones is 1. The predicted molar refractivity (Wildman–Crippen MR) is 51.4 cm³/mol. The summed E-state index contributed by atoms with van der Waals surface area (Å²) >= 11 is 1.63. The Kier molecular flexibility index (Phi) is 2.95. The van der Waals surface area contributed by atoms with E-state index < -0.39 is 0 Å². The van der Waals surface area contributed by atoms with Crippen LogP contribution < -0.4 is 0 Å². The second-order valence-corrected chi connectivity index (χ2v) is 3.08. The van der Waals surface area contributed by atoms with Crippen molar-refractivity contribution in [1.82, 2.24) is 0 Å². The molecule has 0 saturated heterocycles. The van der Waals surface area contributed by atoms with Gasteiger partial charge in [0, 0.05) is 10.5 Å². The maximum atomic E-state index is 11.0. The summed E-state index contributed by atoms with van der Waals surface area (Å²) in [6.07, 6.45) is 6.95. The second kappa shape index (κ2) is 3.99. The highest BCUT2D eigenvalue weighted by atomic mass is 32.2. The maximum Gasteiger partial charge on any atom is 0.235 e. The second-order valence-electron chi connectivity index (χ2n) is 2.20. The largest absolute Gasteiger partial charge is 0.279 e. The predicted octanol–water partition coefficient (Wildman–Crippen LogP) is 2.22. The van der Waals surface area contributed by atoms with Crippen molar-refractivity contribution in [2.75, 3.05) is 6.26 Å². The van der Waals surface area contributed by atoms with Gasteiger partial charge in [0.25, 0.3) is 0 Å². The molecule has 0 unspecified atom stereocenters. The topological polar surface area (TPSA) is 17.1 Å². The van der Waals surface area contributed by atoms with Gasteiger partial charge in [0.2, 0.25) is 5.78 Å². The first-order valence-corrected chi connectivity index (χ1v) is 4.65. The van der Waals surface area contributed by atoms with Crippen LogP contribution >= 0.6 is 11.8 Å². The number of rotatable bonds is 2. The molecule has 0 amide bonds. The molecule has 2 heteroatoms. The average molecular weight is 176 g/mol. The zero-order valence-electron chi connectivity index (χ0n) is 6.70. The zero-order chi connectivity index (χ0) is 8.97. The van der Waals surface area contributed by atoms with Gasteiger partial charge < -0.3 is 0 Å². The van der Waals surface area contributed by atoms with Crippen LogP contribution in [-0.2, 0) is 0 Å². The maximum absolute atomic E-state index is 11.0. The summed E-state index contributed by atoms with van der Waals surface area (Å²) in [5, 5.41) is 0. The fraction of sp³-hybridized carbons (Fsp3) is 0.100. The molecule has 0 fully saturated rings. The lowest BCUT2D eigenvalue weighted by Gasteiger charge is -1.96. The molecule has 0 aliphatic heterocycles. The molecule has 0 aromatic heterocycles. The molecule has 0 saturated carbocycles. The number of carbonyl (C=O) groups is 1. The summed E-state index contributed by atoms with van der Waals surface area (Å²) < 4.78 is 0. The SMILES string of the molecule is C#CC(=O)c1ccc(SC)cc1. The summed E-state index contributed by atoms with van der Waals surface area (Å²) in [7, 11) is 0.